The van der Waals surface area contributed by atoms with E-state index < -0.39 is 0 Å². The minimum atomic E-state index is -0.251. The number of hydrogen-bond donors (Lipinski definition) is 1. The number of nitrogens with zero attached hydrogens (tertiary/aromatic N) is 2. The summed E-state index contributed by atoms with van der Waals surface area (Å²) in [6.45, 7) is 2.94. The van der Waals surface area contributed by atoms with Crippen molar-refractivity contribution in [3.8, 4) is 11.5 Å². The fraction of sp³-hybridized carbons (Fsp3) is 0.333. The summed E-state index contributed by atoms with van der Waals surface area (Å²) in [5.74, 6) is 0.826. The Bertz CT molecular complexity index is 670. The molecule has 2 aromatic rings. The number of carbonyl (C=O) groups is 1. The lowest BCUT2D eigenvalue weighted by Gasteiger charge is -2.11. The molecule has 0 spiro atoms. The van der Waals surface area contributed by atoms with Crippen molar-refractivity contribution in [3.63, 3.8) is 0 Å². The third-order valence-electron chi connectivity index (χ3n) is 3.27. The first kappa shape index (κ1) is 16.2. The normalized spacial score (nSPS) is 10.4. The van der Waals surface area contributed by atoms with Gasteiger partial charge in [-0.15, -0.1) is 0 Å². The number of ether oxygens (including phenoxy) is 2. The fourth-order valence-electron chi connectivity index (χ4n) is 2.08. The highest BCUT2D eigenvalue weighted by Crippen LogP contribution is 2.24. The summed E-state index contributed by atoms with van der Waals surface area (Å²) in [7, 11) is 3.07. The molecule has 0 fully saturated rings. The van der Waals surface area contributed by atoms with Crippen LogP contribution in [0.25, 0.3) is 0 Å². The fourth-order valence-corrected chi connectivity index (χ4v) is 2.29. The molecule has 0 saturated carbocycles. The number of aryl methyl sites for hydroxylation is 1. The van der Waals surface area contributed by atoms with E-state index in [1.54, 1.807) is 36.2 Å². The van der Waals surface area contributed by atoms with Gasteiger partial charge in [-0.05, 0) is 19.1 Å². The van der Waals surface area contributed by atoms with Crippen LogP contribution in [-0.2, 0) is 13.1 Å². The number of methoxy groups -OCH3 is 2. The first-order valence-corrected chi connectivity index (χ1v) is 7.18. The molecular formula is C15H18ClN3O3. The maximum atomic E-state index is 12.3. The van der Waals surface area contributed by atoms with Crippen LogP contribution in [0.5, 0.6) is 11.5 Å². The predicted octanol–water partition coefficient (Wildman–Crippen LogP) is 2.50. The zero-order chi connectivity index (χ0) is 16.1. The van der Waals surface area contributed by atoms with Gasteiger partial charge in [0.25, 0.3) is 5.91 Å². The first-order valence-electron chi connectivity index (χ1n) is 6.81. The minimum Gasteiger partial charge on any atom is -0.497 e. The summed E-state index contributed by atoms with van der Waals surface area (Å²) >= 11 is 6.08. The summed E-state index contributed by atoms with van der Waals surface area (Å²) in [6.07, 6.45) is 1.57. The number of rotatable bonds is 6. The summed E-state index contributed by atoms with van der Waals surface area (Å²) in [5, 5.41) is 7.49. The smallest absolute Gasteiger partial charge is 0.255 e. The van der Waals surface area contributed by atoms with Crippen LogP contribution < -0.4 is 14.8 Å². The van der Waals surface area contributed by atoms with Gasteiger partial charge in [0.15, 0.2) is 0 Å². The second kappa shape index (κ2) is 7.17. The van der Waals surface area contributed by atoms with Crippen LogP contribution in [0.3, 0.4) is 0 Å². The molecule has 6 nitrogen and oxygen atoms in total. The van der Waals surface area contributed by atoms with Crippen LogP contribution >= 0.6 is 11.6 Å². The van der Waals surface area contributed by atoms with Crippen molar-refractivity contribution >= 4 is 17.5 Å². The van der Waals surface area contributed by atoms with E-state index in [0.29, 0.717) is 35.2 Å². The monoisotopic (exact) mass is 323 g/mol. The average Bonchev–Trinajstić information content (AvgIpc) is 2.91. The van der Waals surface area contributed by atoms with E-state index in [2.05, 4.69) is 10.4 Å². The van der Waals surface area contributed by atoms with E-state index in [4.69, 9.17) is 21.1 Å². The Morgan fingerprint density at radius 3 is 2.77 bits per heavy atom. The lowest BCUT2D eigenvalue weighted by atomic mass is 10.1. The topological polar surface area (TPSA) is 65.4 Å². The highest BCUT2D eigenvalue weighted by Gasteiger charge is 2.15. The maximum absolute atomic E-state index is 12.3. The van der Waals surface area contributed by atoms with E-state index in [1.165, 1.54) is 7.11 Å². The molecule has 0 aliphatic rings. The van der Waals surface area contributed by atoms with Gasteiger partial charge in [-0.2, -0.15) is 5.10 Å². The molecule has 7 heteroatoms. The van der Waals surface area contributed by atoms with Gasteiger partial charge in [0.1, 0.15) is 11.5 Å². The highest BCUT2D eigenvalue weighted by atomic mass is 35.5. The van der Waals surface area contributed by atoms with Crippen molar-refractivity contribution in [2.75, 3.05) is 14.2 Å². The highest BCUT2D eigenvalue weighted by molar-refractivity contribution is 6.31. The van der Waals surface area contributed by atoms with Crippen LogP contribution in [0.1, 0.15) is 23.0 Å². The van der Waals surface area contributed by atoms with Gasteiger partial charge in [0, 0.05) is 12.6 Å². The zero-order valence-corrected chi connectivity index (χ0v) is 13.5. The van der Waals surface area contributed by atoms with Crippen molar-refractivity contribution in [3.05, 3.63) is 40.7 Å². The maximum Gasteiger partial charge on any atom is 0.255 e. The third kappa shape index (κ3) is 3.33. The van der Waals surface area contributed by atoms with Gasteiger partial charge in [0.2, 0.25) is 0 Å². The Morgan fingerprint density at radius 1 is 1.36 bits per heavy atom. The number of aromatic nitrogens is 2. The summed E-state index contributed by atoms with van der Waals surface area (Å²) in [6, 6.07) is 5.03. The van der Waals surface area contributed by atoms with E-state index in [1.807, 2.05) is 6.92 Å². The van der Waals surface area contributed by atoms with E-state index >= 15 is 0 Å². The molecule has 1 heterocycles. The Kier molecular flexibility index (Phi) is 5.27. The second-order valence-electron chi connectivity index (χ2n) is 4.50. The van der Waals surface area contributed by atoms with E-state index in [0.717, 1.165) is 5.69 Å². The zero-order valence-electron chi connectivity index (χ0n) is 12.7. The number of hydrogen-bond acceptors (Lipinski definition) is 4. The number of benzene rings is 1. The summed E-state index contributed by atoms with van der Waals surface area (Å²) < 4.78 is 12.1. The first-order chi connectivity index (χ1) is 10.6. The van der Waals surface area contributed by atoms with Gasteiger partial charge in [-0.25, -0.2) is 0 Å². The summed E-state index contributed by atoms with van der Waals surface area (Å²) in [5.41, 5.74) is 1.20. The Hall–Kier alpha value is -2.21. The number of halogens is 1. The number of nitrogens with one attached hydrogen (secondary N) is 1. The van der Waals surface area contributed by atoms with Crippen LogP contribution in [0.15, 0.2) is 24.4 Å². The van der Waals surface area contributed by atoms with Crippen molar-refractivity contribution in [2.45, 2.75) is 20.0 Å². The molecule has 1 N–H and O–H groups in total. The molecule has 0 radical (unpaired) electrons. The molecule has 0 aliphatic carbocycles. The number of amides is 1. The lowest BCUT2D eigenvalue weighted by molar-refractivity contribution is 0.0947. The second-order valence-corrected chi connectivity index (χ2v) is 4.91. The molecule has 0 atom stereocenters. The number of carbonyl (C=O) groups excluding carboxylic acids is 1. The van der Waals surface area contributed by atoms with Gasteiger partial charge >= 0.3 is 0 Å². The average molecular weight is 324 g/mol. The van der Waals surface area contributed by atoms with Gasteiger partial charge < -0.3 is 14.8 Å². The van der Waals surface area contributed by atoms with E-state index in [9.17, 15) is 4.79 Å². The SMILES string of the molecule is CCn1ncc(Cl)c1CNC(=O)c1ccc(OC)cc1OC. The van der Waals surface area contributed by atoms with Crippen LogP contribution in [0, 0.1) is 0 Å². The molecule has 1 amide bonds. The van der Waals surface area contributed by atoms with E-state index in [-0.39, 0.29) is 5.91 Å². The lowest BCUT2D eigenvalue weighted by Crippen LogP contribution is -2.25. The quantitative estimate of drug-likeness (QED) is 0.887. The molecule has 2 rings (SSSR count). The minimum absolute atomic E-state index is 0.251. The van der Waals surface area contributed by atoms with Crippen molar-refractivity contribution in [2.24, 2.45) is 0 Å². The standard InChI is InChI=1S/C15H18ClN3O3/c1-4-19-13(12(16)8-18-19)9-17-15(20)11-6-5-10(21-2)7-14(11)22-3/h5-8H,4,9H2,1-3H3,(H,17,20). The van der Waals surface area contributed by atoms with Crippen LogP contribution in [0.2, 0.25) is 5.02 Å². The van der Waals surface area contributed by atoms with Crippen molar-refractivity contribution in [1.82, 2.24) is 15.1 Å². The predicted molar refractivity (Wildman–Crippen MR) is 83.6 cm³/mol. The third-order valence-corrected chi connectivity index (χ3v) is 3.58. The molecule has 1 aromatic carbocycles. The molecule has 0 bridgehead atoms. The van der Waals surface area contributed by atoms with Crippen LogP contribution in [0.4, 0.5) is 0 Å². The van der Waals surface area contributed by atoms with Crippen molar-refractivity contribution < 1.29 is 14.3 Å². The molecule has 22 heavy (non-hydrogen) atoms. The van der Waals surface area contributed by atoms with Crippen molar-refractivity contribution in [1.29, 1.82) is 0 Å². The molecule has 0 unspecified atom stereocenters. The van der Waals surface area contributed by atoms with Crippen LogP contribution in [-0.4, -0.2) is 29.9 Å². The molecule has 0 aliphatic heterocycles. The Balaban J connectivity index is 2.14. The largest absolute Gasteiger partial charge is 0.497 e. The van der Waals surface area contributed by atoms with Gasteiger partial charge in [-0.1, -0.05) is 11.6 Å². The summed E-state index contributed by atoms with van der Waals surface area (Å²) in [4.78, 5) is 12.3. The molecule has 1 aromatic heterocycles. The molecular weight excluding hydrogens is 306 g/mol. The Morgan fingerprint density at radius 2 is 2.14 bits per heavy atom. The van der Waals surface area contributed by atoms with Gasteiger partial charge in [-0.3, -0.25) is 9.48 Å². The molecule has 0 saturated heterocycles. The molecule has 118 valence electrons. The Labute approximate surface area is 134 Å². The van der Waals surface area contributed by atoms with Gasteiger partial charge in [0.05, 0.1) is 43.2 Å².